The van der Waals surface area contributed by atoms with Crippen LogP contribution in [-0.2, 0) is 0 Å². The largest absolute Gasteiger partial charge is 0.327 e. The molecular formula is C17H35N. The van der Waals surface area contributed by atoms with Gasteiger partial charge in [0.15, 0.2) is 0 Å². The average molecular weight is 253 g/mol. The van der Waals surface area contributed by atoms with Crippen molar-refractivity contribution in [3.63, 3.8) is 0 Å². The predicted molar refractivity (Wildman–Crippen MR) is 83.7 cm³/mol. The van der Waals surface area contributed by atoms with Crippen LogP contribution >= 0.6 is 0 Å². The first-order valence-electron chi connectivity index (χ1n) is 7.73. The maximum Gasteiger partial charge on any atom is 0.0119 e. The summed E-state index contributed by atoms with van der Waals surface area (Å²) in [7, 11) is 0. The molecular weight excluding hydrogens is 218 g/mol. The molecule has 2 unspecified atom stereocenters. The first-order chi connectivity index (χ1) is 8.30. The van der Waals surface area contributed by atoms with Crippen molar-refractivity contribution in [2.75, 3.05) is 0 Å². The zero-order chi connectivity index (χ0) is 14.3. The molecule has 0 aliphatic heterocycles. The van der Waals surface area contributed by atoms with Crippen LogP contribution in [0.2, 0.25) is 0 Å². The quantitative estimate of drug-likeness (QED) is 0.583. The number of allylic oxidation sites excluding steroid dienone is 2. The topological polar surface area (TPSA) is 26.0 Å². The molecule has 2 atom stereocenters. The molecule has 108 valence electrons. The second-order valence-electron chi connectivity index (χ2n) is 6.54. The van der Waals surface area contributed by atoms with Gasteiger partial charge in [-0.3, -0.25) is 0 Å². The van der Waals surface area contributed by atoms with Gasteiger partial charge in [-0.1, -0.05) is 59.1 Å². The van der Waals surface area contributed by atoms with Crippen molar-refractivity contribution in [1.82, 2.24) is 0 Å². The van der Waals surface area contributed by atoms with Crippen LogP contribution in [0.15, 0.2) is 11.1 Å². The molecule has 0 amide bonds. The Hall–Kier alpha value is -0.300. The molecule has 0 spiro atoms. The molecule has 0 saturated heterocycles. The Labute approximate surface area is 115 Å². The number of nitrogens with two attached hydrogens (primary N) is 1. The minimum Gasteiger partial charge on any atom is -0.327 e. The normalized spacial score (nSPS) is 17.3. The van der Waals surface area contributed by atoms with Gasteiger partial charge in [-0.15, -0.1) is 0 Å². The number of rotatable bonds is 8. The summed E-state index contributed by atoms with van der Waals surface area (Å²) in [5.41, 5.74) is 9.94. The summed E-state index contributed by atoms with van der Waals surface area (Å²) in [6.45, 7) is 16.0. The van der Waals surface area contributed by atoms with Crippen LogP contribution in [0.3, 0.4) is 0 Å². The lowest BCUT2D eigenvalue weighted by Gasteiger charge is -2.36. The van der Waals surface area contributed by atoms with E-state index in [0.29, 0.717) is 12.0 Å². The van der Waals surface area contributed by atoms with Crippen LogP contribution in [0.5, 0.6) is 0 Å². The Kier molecular flexibility index (Phi) is 7.86. The second kappa shape index (κ2) is 7.99. The van der Waals surface area contributed by atoms with E-state index in [4.69, 9.17) is 5.73 Å². The minimum absolute atomic E-state index is 0.257. The zero-order valence-corrected chi connectivity index (χ0v) is 13.8. The Bertz CT molecular complexity index is 263. The highest BCUT2D eigenvalue weighted by Crippen LogP contribution is 2.33. The van der Waals surface area contributed by atoms with E-state index in [1.54, 1.807) is 11.1 Å². The van der Waals surface area contributed by atoms with Gasteiger partial charge in [0, 0.05) is 6.04 Å². The SMILES string of the molecule is CCCC(C)(C)C(N)C(C)C/C(CC)=C(\C)CC. The van der Waals surface area contributed by atoms with Gasteiger partial charge >= 0.3 is 0 Å². The van der Waals surface area contributed by atoms with Crippen LogP contribution in [0.25, 0.3) is 0 Å². The Balaban J connectivity index is 4.71. The van der Waals surface area contributed by atoms with Crippen LogP contribution in [0.1, 0.15) is 80.6 Å². The van der Waals surface area contributed by atoms with Gasteiger partial charge in [-0.25, -0.2) is 0 Å². The van der Waals surface area contributed by atoms with Crippen molar-refractivity contribution in [2.45, 2.75) is 86.6 Å². The van der Waals surface area contributed by atoms with Gasteiger partial charge in [0.1, 0.15) is 0 Å². The molecule has 0 bridgehead atoms. The predicted octanol–water partition coefficient (Wildman–Crippen LogP) is 5.30. The lowest BCUT2D eigenvalue weighted by Crippen LogP contribution is -2.42. The highest BCUT2D eigenvalue weighted by molar-refractivity contribution is 5.12. The van der Waals surface area contributed by atoms with Crippen LogP contribution in [0, 0.1) is 11.3 Å². The van der Waals surface area contributed by atoms with Gasteiger partial charge in [0.05, 0.1) is 0 Å². The molecule has 0 aromatic carbocycles. The summed E-state index contributed by atoms with van der Waals surface area (Å²) in [4.78, 5) is 0. The number of hydrogen-bond donors (Lipinski definition) is 1. The van der Waals surface area contributed by atoms with E-state index in [-0.39, 0.29) is 5.41 Å². The molecule has 0 radical (unpaired) electrons. The fraction of sp³-hybridized carbons (Fsp3) is 0.882. The molecule has 1 nitrogen and oxygen atoms in total. The highest BCUT2D eigenvalue weighted by Gasteiger charge is 2.29. The molecule has 0 aromatic heterocycles. The van der Waals surface area contributed by atoms with Gasteiger partial charge in [-0.05, 0) is 43.9 Å². The van der Waals surface area contributed by atoms with E-state index in [1.807, 2.05) is 0 Å². The standard InChI is InChI=1S/C17H35N/c1-8-11-17(6,7)16(18)14(5)12-15(10-3)13(4)9-2/h14,16H,8-12,18H2,1-7H3/b15-13+. The van der Waals surface area contributed by atoms with Crippen molar-refractivity contribution in [1.29, 1.82) is 0 Å². The first-order valence-corrected chi connectivity index (χ1v) is 7.73. The molecule has 0 aliphatic carbocycles. The Morgan fingerprint density at radius 3 is 2.06 bits per heavy atom. The van der Waals surface area contributed by atoms with Crippen molar-refractivity contribution in [3.8, 4) is 0 Å². The summed E-state index contributed by atoms with van der Waals surface area (Å²) < 4.78 is 0. The van der Waals surface area contributed by atoms with E-state index < -0.39 is 0 Å². The zero-order valence-electron chi connectivity index (χ0n) is 13.8. The molecule has 0 aliphatic rings. The first kappa shape index (κ1) is 17.7. The van der Waals surface area contributed by atoms with Crippen molar-refractivity contribution < 1.29 is 0 Å². The second-order valence-corrected chi connectivity index (χ2v) is 6.54. The van der Waals surface area contributed by atoms with Crippen molar-refractivity contribution in [2.24, 2.45) is 17.1 Å². The fourth-order valence-electron chi connectivity index (χ4n) is 2.97. The molecule has 0 saturated carbocycles. The van der Waals surface area contributed by atoms with Crippen LogP contribution in [0.4, 0.5) is 0 Å². The fourth-order valence-corrected chi connectivity index (χ4v) is 2.97. The van der Waals surface area contributed by atoms with Gasteiger partial charge < -0.3 is 5.73 Å². The average Bonchev–Trinajstić information content (AvgIpc) is 2.33. The smallest absolute Gasteiger partial charge is 0.0119 e. The van der Waals surface area contributed by atoms with Crippen molar-refractivity contribution >= 4 is 0 Å². The van der Waals surface area contributed by atoms with Gasteiger partial charge in [0.25, 0.3) is 0 Å². The molecule has 2 N–H and O–H groups in total. The molecule has 0 aromatic rings. The molecule has 18 heavy (non-hydrogen) atoms. The van der Waals surface area contributed by atoms with E-state index in [2.05, 4.69) is 48.5 Å². The molecule has 1 heteroatoms. The summed E-state index contributed by atoms with van der Waals surface area (Å²) in [5.74, 6) is 0.572. The van der Waals surface area contributed by atoms with Gasteiger partial charge in [0.2, 0.25) is 0 Å². The van der Waals surface area contributed by atoms with Crippen molar-refractivity contribution in [3.05, 3.63) is 11.1 Å². The highest BCUT2D eigenvalue weighted by atomic mass is 14.7. The van der Waals surface area contributed by atoms with Gasteiger partial charge in [-0.2, -0.15) is 0 Å². The summed E-state index contributed by atoms with van der Waals surface area (Å²) in [5, 5.41) is 0. The third-order valence-corrected chi connectivity index (χ3v) is 4.54. The van der Waals surface area contributed by atoms with E-state index in [9.17, 15) is 0 Å². The maximum absolute atomic E-state index is 6.50. The molecule has 0 fully saturated rings. The monoisotopic (exact) mass is 253 g/mol. The summed E-state index contributed by atoms with van der Waals surface area (Å²) in [6.07, 6.45) is 5.95. The van der Waals surface area contributed by atoms with E-state index in [1.165, 1.54) is 32.1 Å². The lowest BCUT2D eigenvalue weighted by molar-refractivity contribution is 0.204. The Morgan fingerprint density at radius 1 is 1.11 bits per heavy atom. The molecule has 0 heterocycles. The van der Waals surface area contributed by atoms with Crippen LogP contribution in [-0.4, -0.2) is 6.04 Å². The lowest BCUT2D eigenvalue weighted by atomic mass is 9.73. The van der Waals surface area contributed by atoms with E-state index in [0.717, 1.165) is 0 Å². The maximum atomic E-state index is 6.50. The van der Waals surface area contributed by atoms with Crippen LogP contribution < -0.4 is 5.73 Å². The third kappa shape index (κ3) is 5.14. The third-order valence-electron chi connectivity index (χ3n) is 4.54. The minimum atomic E-state index is 0.257. The summed E-state index contributed by atoms with van der Waals surface area (Å²) in [6, 6.07) is 0.295. The molecule has 0 rings (SSSR count). The number of hydrogen-bond acceptors (Lipinski definition) is 1. The van der Waals surface area contributed by atoms with E-state index >= 15 is 0 Å². The summed E-state index contributed by atoms with van der Waals surface area (Å²) >= 11 is 0. The Morgan fingerprint density at radius 2 is 1.67 bits per heavy atom.